The van der Waals surface area contributed by atoms with Gasteiger partial charge >= 0.3 is 0 Å². The Kier molecular flexibility index (Phi) is 2.72. The summed E-state index contributed by atoms with van der Waals surface area (Å²) < 4.78 is 0. The monoisotopic (exact) mass is 194 g/mol. The van der Waals surface area contributed by atoms with Crippen LogP contribution < -0.4 is 0 Å². The molecule has 15 heavy (non-hydrogen) atoms. The summed E-state index contributed by atoms with van der Waals surface area (Å²) in [6.07, 6.45) is 5.30. The topological polar surface area (TPSA) is 25.8 Å². The molecule has 1 heterocycles. The molecule has 0 bridgehead atoms. The average molecular weight is 194 g/mol. The first-order valence-electron chi connectivity index (χ1n) is 4.63. The van der Waals surface area contributed by atoms with Crippen molar-refractivity contribution in [2.24, 2.45) is 0 Å². The fourth-order valence-corrected chi connectivity index (χ4v) is 1.29. The van der Waals surface area contributed by atoms with Crippen molar-refractivity contribution in [1.29, 1.82) is 0 Å². The molecule has 2 heteroatoms. The van der Waals surface area contributed by atoms with E-state index in [9.17, 15) is 0 Å². The third-order valence-electron chi connectivity index (χ3n) is 2.00. The van der Waals surface area contributed by atoms with Crippen LogP contribution in [0.25, 0.3) is 17.5 Å². The first-order chi connectivity index (χ1) is 7.40. The molecule has 0 aliphatic carbocycles. The van der Waals surface area contributed by atoms with Crippen LogP contribution in [0.5, 0.6) is 0 Å². The van der Waals surface area contributed by atoms with Crippen LogP contribution in [-0.2, 0) is 0 Å². The van der Waals surface area contributed by atoms with Crippen molar-refractivity contribution in [3.63, 3.8) is 0 Å². The van der Waals surface area contributed by atoms with Crippen LogP contribution in [0.4, 0.5) is 0 Å². The number of nitrogens with zero attached hydrogens (tertiary/aromatic N) is 2. The first kappa shape index (κ1) is 9.38. The Balaban J connectivity index is 2.36. The van der Waals surface area contributed by atoms with Gasteiger partial charge in [-0.05, 0) is 17.7 Å². The van der Waals surface area contributed by atoms with Gasteiger partial charge in [0.25, 0.3) is 0 Å². The van der Waals surface area contributed by atoms with Crippen LogP contribution in [-0.4, -0.2) is 9.97 Å². The summed E-state index contributed by atoms with van der Waals surface area (Å²) in [5.74, 6) is 0.742. The molecule has 0 radical (unpaired) electrons. The predicted molar refractivity (Wildman–Crippen MR) is 61.1 cm³/mol. The second-order valence-electron chi connectivity index (χ2n) is 3.04. The van der Waals surface area contributed by atoms with Crippen molar-refractivity contribution in [3.05, 3.63) is 60.6 Å². The third kappa shape index (κ3) is 2.19. The van der Waals surface area contributed by atoms with E-state index in [1.54, 1.807) is 18.5 Å². The Bertz CT molecular complexity index is 480. The molecule has 0 spiro atoms. The minimum atomic E-state index is 0.742. The van der Waals surface area contributed by atoms with Crippen molar-refractivity contribution >= 4 is 6.08 Å². The molecule has 1 aromatic carbocycles. The molecule has 0 aliphatic rings. The minimum Gasteiger partial charge on any atom is -0.237 e. The fourth-order valence-electron chi connectivity index (χ4n) is 1.29. The molecule has 2 aromatic rings. The van der Waals surface area contributed by atoms with Gasteiger partial charge in [0.15, 0.2) is 5.82 Å². The Morgan fingerprint density at radius 1 is 1.07 bits per heavy atom. The van der Waals surface area contributed by atoms with Crippen LogP contribution in [0.3, 0.4) is 0 Å². The molecule has 1 aromatic heterocycles. The zero-order valence-electron chi connectivity index (χ0n) is 8.22. The van der Waals surface area contributed by atoms with Crippen LogP contribution in [0.2, 0.25) is 0 Å². The smallest absolute Gasteiger partial charge is 0.159 e. The van der Waals surface area contributed by atoms with E-state index >= 15 is 0 Å². The second kappa shape index (κ2) is 4.36. The second-order valence-corrected chi connectivity index (χ2v) is 3.04. The van der Waals surface area contributed by atoms with Gasteiger partial charge in [0.2, 0.25) is 0 Å². The maximum Gasteiger partial charge on any atom is 0.159 e. The molecule has 0 saturated heterocycles. The molecule has 0 fully saturated rings. The number of hydrogen-bond acceptors (Lipinski definition) is 2. The van der Waals surface area contributed by atoms with Crippen molar-refractivity contribution in [2.45, 2.75) is 0 Å². The molecule has 0 aliphatic heterocycles. The lowest BCUT2D eigenvalue weighted by molar-refractivity contribution is 1.18. The number of aromatic nitrogens is 2. The van der Waals surface area contributed by atoms with Crippen LogP contribution in [0, 0.1) is 0 Å². The van der Waals surface area contributed by atoms with E-state index < -0.39 is 0 Å². The minimum absolute atomic E-state index is 0.742. The van der Waals surface area contributed by atoms with Gasteiger partial charge in [-0.3, -0.25) is 0 Å². The summed E-state index contributed by atoms with van der Waals surface area (Å²) in [5.41, 5.74) is 4.82. The van der Waals surface area contributed by atoms with Crippen LogP contribution >= 0.6 is 0 Å². The molecule has 0 saturated carbocycles. The summed E-state index contributed by atoms with van der Waals surface area (Å²) >= 11 is 0. The van der Waals surface area contributed by atoms with Crippen LogP contribution in [0.15, 0.2) is 55.0 Å². The molecule has 0 atom stereocenters. The Labute approximate surface area is 88.6 Å². The number of benzene rings is 1. The van der Waals surface area contributed by atoms with Gasteiger partial charge < -0.3 is 0 Å². The van der Waals surface area contributed by atoms with E-state index in [4.69, 9.17) is 0 Å². The van der Waals surface area contributed by atoms with Crippen molar-refractivity contribution < 1.29 is 0 Å². The van der Waals surface area contributed by atoms with Gasteiger partial charge in [0, 0.05) is 18.0 Å². The number of rotatable bonds is 2. The van der Waals surface area contributed by atoms with E-state index in [2.05, 4.69) is 22.3 Å². The Morgan fingerprint density at radius 2 is 1.73 bits per heavy atom. The average Bonchev–Trinajstić information content (AvgIpc) is 2.32. The molecule has 2 nitrogen and oxygen atoms in total. The summed E-state index contributed by atoms with van der Waals surface area (Å²) in [6, 6.07) is 9.75. The zero-order valence-corrected chi connectivity index (χ0v) is 8.22. The molecule has 0 amide bonds. The van der Waals surface area contributed by atoms with Crippen molar-refractivity contribution in [3.8, 4) is 11.4 Å². The molecule has 0 N–H and O–H groups in total. The molecule has 72 valence electrons. The van der Waals surface area contributed by atoms with E-state index in [1.165, 1.54) is 0 Å². The van der Waals surface area contributed by atoms with E-state index in [1.807, 2.05) is 30.3 Å². The van der Waals surface area contributed by atoms with Crippen molar-refractivity contribution in [1.82, 2.24) is 9.97 Å². The standard InChI is InChI=1S/C13H10N2/c1-2-4-11-5-7-12(8-6-11)13-14-9-3-10-15-13/h3-10H,1H2. The summed E-state index contributed by atoms with van der Waals surface area (Å²) in [6.45, 7) is 3.53. The number of hydrogen-bond donors (Lipinski definition) is 0. The SMILES string of the molecule is C=C=Cc1ccc(-c2ncccn2)cc1. The summed E-state index contributed by atoms with van der Waals surface area (Å²) in [4.78, 5) is 8.35. The highest BCUT2D eigenvalue weighted by Crippen LogP contribution is 2.14. The van der Waals surface area contributed by atoms with Gasteiger partial charge in [0.05, 0.1) is 0 Å². The van der Waals surface area contributed by atoms with Gasteiger partial charge in [-0.15, -0.1) is 5.73 Å². The molecule has 0 unspecified atom stereocenters. The molecule has 2 rings (SSSR count). The lowest BCUT2D eigenvalue weighted by atomic mass is 10.1. The predicted octanol–water partition coefficient (Wildman–Crippen LogP) is 2.94. The van der Waals surface area contributed by atoms with Gasteiger partial charge in [-0.1, -0.05) is 30.8 Å². The zero-order chi connectivity index (χ0) is 10.5. The first-order valence-corrected chi connectivity index (χ1v) is 4.63. The lowest BCUT2D eigenvalue weighted by Crippen LogP contribution is -1.86. The maximum absolute atomic E-state index is 4.18. The summed E-state index contributed by atoms with van der Waals surface area (Å²) in [5, 5.41) is 0. The van der Waals surface area contributed by atoms with Crippen molar-refractivity contribution in [2.75, 3.05) is 0 Å². The highest BCUT2D eigenvalue weighted by molar-refractivity contribution is 5.59. The third-order valence-corrected chi connectivity index (χ3v) is 2.00. The van der Waals surface area contributed by atoms with E-state index in [0.717, 1.165) is 17.0 Å². The Morgan fingerprint density at radius 3 is 2.33 bits per heavy atom. The fraction of sp³-hybridized carbons (Fsp3) is 0. The lowest BCUT2D eigenvalue weighted by Gasteiger charge is -1.98. The Hall–Kier alpha value is -2.18. The highest BCUT2D eigenvalue weighted by Gasteiger charge is 1.97. The quantitative estimate of drug-likeness (QED) is 0.687. The highest BCUT2D eigenvalue weighted by atomic mass is 14.8. The molecular weight excluding hydrogens is 184 g/mol. The van der Waals surface area contributed by atoms with Gasteiger partial charge in [-0.2, -0.15) is 0 Å². The maximum atomic E-state index is 4.18. The largest absolute Gasteiger partial charge is 0.237 e. The van der Waals surface area contributed by atoms with Crippen LogP contribution in [0.1, 0.15) is 5.56 Å². The van der Waals surface area contributed by atoms with Gasteiger partial charge in [0.1, 0.15) is 0 Å². The van der Waals surface area contributed by atoms with Gasteiger partial charge in [-0.25, -0.2) is 9.97 Å². The molecular formula is C13H10N2. The summed E-state index contributed by atoms with van der Waals surface area (Å²) in [7, 11) is 0. The van der Waals surface area contributed by atoms with E-state index in [-0.39, 0.29) is 0 Å². The normalized spacial score (nSPS) is 9.33. The van der Waals surface area contributed by atoms with E-state index in [0.29, 0.717) is 0 Å².